The average molecular weight is 373 g/mol. The normalized spacial score (nSPS) is 11.0. The van der Waals surface area contributed by atoms with Gasteiger partial charge in [-0.3, -0.25) is 4.79 Å². The Morgan fingerprint density at radius 3 is 2.80 bits per heavy atom. The Hall–Kier alpha value is -2.70. The Kier molecular flexibility index (Phi) is 5.11. The molecule has 0 spiro atoms. The molecule has 2 aromatic carbocycles. The van der Waals surface area contributed by atoms with Gasteiger partial charge in [-0.1, -0.05) is 23.7 Å². The maximum absolute atomic E-state index is 12.1. The molecule has 1 amide bonds. The van der Waals surface area contributed by atoms with Gasteiger partial charge in [-0.25, -0.2) is 9.78 Å². The number of methoxy groups -OCH3 is 1. The van der Waals surface area contributed by atoms with Crippen molar-refractivity contribution in [3.05, 3.63) is 64.1 Å². The number of halogens is 1. The summed E-state index contributed by atoms with van der Waals surface area (Å²) in [6.45, 7) is 0. The van der Waals surface area contributed by atoms with Gasteiger partial charge in [0.1, 0.15) is 5.01 Å². The van der Waals surface area contributed by atoms with Crippen LogP contribution in [-0.4, -0.2) is 24.0 Å². The summed E-state index contributed by atoms with van der Waals surface area (Å²) in [6.07, 6.45) is 3.00. The molecule has 0 saturated carbocycles. The number of esters is 1. The second-order valence-electron chi connectivity index (χ2n) is 5.02. The van der Waals surface area contributed by atoms with Crippen LogP contribution in [-0.2, 0) is 9.53 Å². The Morgan fingerprint density at radius 1 is 1.24 bits per heavy atom. The van der Waals surface area contributed by atoms with Crippen molar-refractivity contribution in [2.24, 2.45) is 0 Å². The van der Waals surface area contributed by atoms with Crippen molar-refractivity contribution in [3.8, 4) is 0 Å². The third kappa shape index (κ3) is 4.04. The van der Waals surface area contributed by atoms with Gasteiger partial charge in [0.25, 0.3) is 0 Å². The van der Waals surface area contributed by atoms with Crippen LogP contribution in [0.2, 0.25) is 5.02 Å². The number of ether oxygens (including phenoxy) is 1. The van der Waals surface area contributed by atoms with Gasteiger partial charge in [-0.2, -0.15) is 0 Å². The first-order valence-corrected chi connectivity index (χ1v) is 8.49. The van der Waals surface area contributed by atoms with Crippen LogP contribution in [0, 0.1) is 0 Å². The number of hydrogen-bond donors (Lipinski definition) is 1. The molecule has 1 N–H and O–H groups in total. The lowest BCUT2D eigenvalue weighted by molar-refractivity contribution is -0.111. The molecule has 0 saturated heterocycles. The minimum atomic E-state index is -0.576. The van der Waals surface area contributed by atoms with E-state index in [1.807, 2.05) is 24.3 Å². The molecule has 5 nitrogen and oxygen atoms in total. The fourth-order valence-electron chi connectivity index (χ4n) is 2.19. The summed E-state index contributed by atoms with van der Waals surface area (Å²) in [7, 11) is 1.27. The predicted molar refractivity (Wildman–Crippen MR) is 100 cm³/mol. The molecule has 0 atom stereocenters. The Labute approximate surface area is 152 Å². The van der Waals surface area contributed by atoms with Crippen molar-refractivity contribution in [2.45, 2.75) is 0 Å². The minimum absolute atomic E-state index is 0.191. The largest absolute Gasteiger partial charge is 0.465 e. The third-order valence-corrected chi connectivity index (χ3v) is 4.57. The van der Waals surface area contributed by atoms with E-state index in [9.17, 15) is 9.59 Å². The van der Waals surface area contributed by atoms with E-state index in [1.165, 1.54) is 30.6 Å². The van der Waals surface area contributed by atoms with Gasteiger partial charge in [0.2, 0.25) is 5.91 Å². The number of benzene rings is 2. The van der Waals surface area contributed by atoms with E-state index in [0.29, 0.717) is 10.7 Å². The van der Waals surface area contributed by atoms with Crippen molar-refractivity contribution in [3.63, 3.8) is 0 Å². The molecule has 0 bridgehead atoms. The molecule has 1 heterocycles. The molecular weight excluding hydrogens is 360 g/mol. The van der Waals surface area contributed by atoms with E-state index in [-0.39, 0.29) is 11.5 Å². The zero-order chi connectivity index (χ0) is 17.8. The average Bonchev–Trinajstić information content (AvgIpc) is 3.04. The van der Waals surface area contributed by atoms with Crippen LogP contribution in [0.4, 0.5) is 5.69 Å². The fraction of sp³-hybridized carbons (Fsp3) is 0.0556. The molecular formula is C18H13ClN2O3S. The minimum Gasteiger partial charge on any atom is -0.465 e. The lowest BCUT2D eigenvalue weighted by Gasteiger charge is -2.08. The first kappa shape index (κ1) is 17.1. The summed E-state index contributed by atoms with van der Waals surface area (Å²) in [5, 5.41) is 3.75. The molecule has 7 heteroatoms. The molecule has 0 aliphatic carbocycles. The van der Waals surface area contributed by atoms with Crippen LogP contribution in [0.3, 0.4) is 0 Å². The van der Waals surface area contributed by atoms with Gasteiger partial charge in [-0.15, -0.1) is 11.3 Å². The number of fused-ring (bicyclic) bond motifs is 1. The lowest BCUT2D eigenvalue weighted by atomic mass is 10.1. The van der Waals surface area contributed by atoms with Crippen molar-refractivity contribution in [2.75, 3.05) is 12.4 Å². The quantitative estimate of drug-likeness (QED) is 0.544. The first-order chi connectivity index (χ1) is 12.1. The van der Waals surface area contributed by atoms with Gasteiger partial charge in [0.05, 0.1) is 28.6 Å². The highest BCUT2D eigenvalue weighted by molar-refractivity contribution is 7.19. The molecule has 0 aliphatic rings. The van der Waals surface area contributed by atoms with Gasteiger partial charge >= 0.3 is 5.97 Å². The van der Waals surface area contributed by atoms with Gasteiger partial charge in [0, 0.05) is 11.1 Å². The van der Waals surface area contributed by atoms with Crippen LogP contribution in [0.1, 0.15) is 15.4 Å². The van der Waals surface area contributed by atoms with Crippen molar-refractivity contribution < 1.29 is 14.3 Å². The summed E-state index contributed by atoms with van der Waals surface area (Å²) in [5.74, 6) is -0.959. The van der Waals surface area contributed by atoms with Crippen molar-refractivity contribution in [1.82, 2.24) is 4.98 Å². The summed E-state index contributed by atoms with van der Waals surface area (Å²) in [6, 6.07) is 12.3. The van der Waals surface area contributed by atoms with Crippen LogP contribution in [0.25, 0.3) is 16.3 Å². The second-order valence-corrected chi connectivity index (χ2v) is 6.52. The van der Waals surface area contributed by atoms with Crippen molar-refractivity contribution >= 4 is 56.8 Å². The maximum atomic E-state index is 12.1. The van der Waals surface area contributed by atoms with E-state index in [0.717, 1.165) is 15.2 Å². The topological polar surface area (TPSA) is 68.3 Å². The molecule has 0 fully saturated rings. The number of rotatable bonds is 4. The number of carbonyl (C=O) groups is 2. The summed E-state index contributed by atoms with van der Waals surface area (Å²) in [4.78, 5) is 28.4. The predicted octanol–water partition coefficient (Wildman–Crippen LogP) is 4.39. The van der Waals surface area contributed by atoms with Crippen LogP contribution in [0.5, 0.6) is 0 Å². The lowest BCUT2D eigenvalue weighted by Crippen LogP contribution is -2.13. The van der Waals surface area contributed by atoms with Gasteiger partial charge < -0.3 is 10.1 Å². The number of anilines is 1. The number of thiazole rings is 1. The summed E-state index contributed by atoms with van der Waals surface area (Å²) >= 11 is 7.38. The van der Waals surface area contributed by atoms with E-state index in [2.05, 4.69) is 10.3 Å². The number of carbonyl (C=O) groups excluding carboxylic acids is 2. The highest BCUT2D eigenvalue weighted by Crippen LogP contribution is 2.23. The standard InChI is InChI=1S/C18H13ClN2O3S/c1-24-18(23)12-10-11(19)6-7-13(12)20-16(22)8-9-17-21-14-4-2-3-5-15(14)25-17/h2-10H,1H3,(H,20,22)/b9-8+. The van der Waals surface area contributed by atoms with Crippen LogP contribution in [0.15, 0.2) is 48.5 Å². The van der Waals surface area contributed by atoms with E-state index >= 15 is 0 Å². The molecule has 0 unspecified atom stereocenters. The summed E-state index contributed by atoms with van der Waals surface area (Å²) < 4.78 is 5.75. The van der Waals surface area contributed by atoms with Gasteiger partial charge in [0.15, 0.2) is 0 Å². The Balaban J connectivity index is 1.77. The van der Waals surface area contributed by atoms with E-state index in [1.54, 1.807) is 18.2 Å². The molecule has 3 aromatic rings. The second kappa shape index (κ2) is 7.46. The number of amides is 1. The molecule has 126 valence electrons. The van der Waals surface area contributed by atoms with Crippen LogP contribution < -0.4 is 5.32 Å². The number of aromatic nitrogens is 1. The zero-order valence-electron chi connectivity index (χ0n) is 13.2. The molecule has 0 radical (unpaired) electrons. The van der Waals surface area contributed by atoms with E-state index < -0.39 is 5.97 Å². The number of nitrogens with one attached hydrogen (secondary N) is 1. The summed E-state index contributed by atoms with van der Waals surface area (Å²) in [5.41, 5.74) is 1.41. The zero-order valence-corrected chi connectivity index (χ0v) is 14.7. The van der Waals surface area contributed by atoms with Gasteiger partial charge in [-0.05, 0) is 36.4 Å². The number of hydrogen-bond acceptors (Lipinski definition) is 5. The number of para-hydroxylation sites is 1. The first-order valence-electron chi connectivity index (χ1n) is 7.29. The highest BCUT2D eigenvalue weighted by atomic mass is 35.5. The monoisotopic (exact) mass is 372 g/mol. The molecule has 25 heavy (non-hydrogen) atoms. The highest BCUT2D eigenvalue weighted by Gasteiger charge is 2.14. The maximum Gasteiger partial charge on any atom is 0.340 e. The molecule has 1 aromatic heterocycles. The SMILES string of the molecule is COC(=O)c1cc(Cl)ccc1NC(=O)/C=C/c1nc2ccccc2s1. The van der Waals surface area contributed by atoms with Crippen molar-refractivity contribution in [1.29, 1.82) is 0 Å². The fourth-order valence-corrected chi connectivity index (χ4v) is 3.23. The molecule has 0 aliphatic heterocycles. The number of nitrogens with zero attached hydrogens (tertiary/aromatic N) is 1. The third-order valence-electron chi connectivity index (χ3n) is 3.33. The van der Waals surface area contributed by atoms with Crippen LogP contribution >= 0.6 is 22.9 Å². The molecule has 3 rings (SSSR count). The van der Waals surface area contributed by atoms with E-state index in [4.69, 9.17) is 16.3 Å². The smallest absolute Gasteiger partial charge is 0.340 e. The Morgan fingerprint density at radius 2 is 2.04 bits per heavy atom. The Bertz CT molecular complexity index is 948.